The summed E-state index contributed by atoms with van der Waals surface area (Å²) >= 11 is 0. The lowest BCUT2D eigenvalue weighted by Crippen LogP contribution is -2.35. The van der Waals surface area contributed by atoms with Crippen LogP contribution in [0.2, 0.25) is 0 Å². The fourth-order valence-corrected chi connectivity index (χ4v) is 2.46. The summed E-state index contributed by atoms with van der Waals surface area (Å²) in [4.78, 5) is 23.0. The van der Waals surface area contributed by atoms with Crippen LogP contribution in [-0.4, -0.2) is 23.6 Å². The third-order valence-electron chi connectivity index (χ3n) is 3.52. The molecule has 0 aromatic heterocycles. The van der Waals surface area contributed by atoms with Gasteiger partial charge in [0.05, 0.1) is 6.54 Å². The Morgan fingerprint density at radius 3 is 2.64 bits per heavy atom. The molecular formula is C17H14N2O3. The molecule has 0 radical (unpaired) electrons. The summed E-state index contributed by atoms with van der Waals surface area (Å²) < 4.78 is 0. The largest absolute Gasteiger partial charge is 0.343 e. The molecule has 0 saturated carbocycles. The van der Waals surface area contributed by atoms with Crippen LogP contribution in [0.25, 0.3) is 21.9 Å². The zero-order chi connectivity index (χ0) is 15.5. The number of nitrogens with one attached hydrogen (secondary N) is 2. The van der Waals surface area contributed by atoms with E-state index in [4.69, 9.17) is 5.21 Å². The van der Waals surface area contributed by atoms with E-state index in [0.29, 0.717) is 5.56 Å². The van der Waals surface area contributed by atoms with Gasteiger partial charge in [-0.3, -0.25) is 14.8 Å². The van der Waals surface area contributed by atoms with Crippen molar-refractivity contribution in [3.8, 4) is 11.1 Å². The predicted molar refractivity (Wildman–Crippen MR) is 82.8 cm³/mol. The molecule has 3 rings (SSSR count). The molecule has 0 atom stereocenters. The number of hydroxylamine groups is 1. The summed E-state index contributed by atoms with van der Waals surface area (Å²) in [5.74, 6) is -1.03. The molecule has 22 heavy (non-hydrogen) atoms. The molecule has 5 heteroatoms. The summed E-state index contributed by atoms with van der Waals surface area (Å²) in [6.07, 6.45) is 0. The SMILES string of the molecule is O=C(CNC(=O)c1ccc2cc3cccccc-3c2c1)NO. The van der Waals surface area contributed by atoms with E-state index in [9.17, 15) is 9.59 Å². The summed E-state index contributed by atoms with van der Waals surface area (Å²) in [6, 6.07) is 17.4. The number of carbonyl (C=O) groups excluding carboxylic acids is 2. The van der Waals surface area contributed by atoms with Crippen LogP contribution in [0.4, 0.5) is 0 Å². The molecule has 0 heterocycles. The van der Waals surface area contributed by atoms with Crippen LogP contribution in [0, 0.1) is 0 Å². The Bertz CT molecular complexity index is 829. The van der Waals surface area contributed by atoms with Gasteiger partial charge in [-0.05, 0) is 40.1 Å². The molecule has 0 unspecified atom stereocenters. The van der Waals surface area contributed by atoms with Crippen LogP contribution in [0.5, 0.6) is 0 Å². The topological polar surface area (TPSA) is 78.4 Å². The summed E-state index contributed by atoms with van der Waals surface area (Å²) in [7, 11) is 0. The van der Waals surface area contributed by atoms with Gasteiger partial charge in [-0.1, -0.05) is 36.4 Å². The predicted octanol–water partition coefficient (Wildman–Crippen LogP) is 2.18. The minimum atomic E-state index is -0.666. The highest BCUT2D eigenvalue weighted by atomic mass is 16.5. The number of benzene rings is 1. The quantitative estimate of drug-likeness (QED) is 0.512. The average molecular weight is 294 g/mol. The van der Waals surface area contributed by atoms with E-state index in [1.807, 2.05) is 42.5 Å². The van der Waals surface area contributed by atoms with Crippen molar-refractivity contribution in [2.24, 2.45) is 0 Å². The Hall–Kier alpha value is -2.92. The van der Waals surface area contributed by atoms with Crippen LogP contribution in [0.15, 0.2) is 54.6 Å². The van der Waals surface area contributed by atoms with Crippen molar-refractivity contribution in [3.05, 3.63) is 60.2 Å². The molecule has 0 saturated heterocycles. The molecular weight excluding hydrogens is 280 g/mol. The van der Waals surface area contributed by atoms with Crippen molar-refractivity contribution in [2.75, 3.05) is 6.54 Å². The van der Waals surface area contributed by atoms with E-state index in [1.54, 1.807) is 6.07 Å². The van der Waals surface area contributed by atoms with Gasteiger partial charge in [0.15, 0.2) is 0 Å². The maximum absolute atomic E-state index is 12.1. The molecule has 1 aromatic rings. The highest BCUT2D eigenvalue weighted by Crippen LogP contribution is 2.33. The zero-order valence-corrected chi connectivity index (χ0v) is 11.7. The second kappa shape index (κ2) is 5.83. The van der Waals surface area contributed by atoms with Crippen LogP contribution in [-0.2, 0) is 4.79 Å². The van der Waals surface area contributed by atoms with E-state index >= 15 is 0 Å². The highest BCUT2D eigenvalue weighted by Gasteiger charge is 2.12. The fourth-order valence-electron chi connectivity index (χ4n) is 2.46. The Morgan fingerprint density at radius 1 is 1.00 bits per heavy atom. The minimum absolute atomic E-state index is 0.274. The maximum Gasteiger partial charge on any atom is 0.262 e. The lowest BCUT2D eigenvalue weighted by molar-refractivity contribution is -0.128. The first-order valence-corrected chi connectivity index (χ1v) is 6.82. The van der Waals surface area contributed by atoms with Crippen molar-refractivity contribution in [2.45, 2.75) is 0 Å². The van der Waals surface area contributed by atoms with E-state index < -0.39 is 5.91 Å². The normalized spacial score (nSPS) is 10.6. The number of fused-ring (bicyclic) bond motifs is 3. The minimum Gasteiger partial charge on any atom is -0.343 e. The van der Waals surface area contributed by atoms with Crippen LogP contribution < -0.4 is 10.8 Å². The highest BCUT2D eigenvalue weighted by molar-refractivity contribution is 6.06. The molecule has 0 fully saturated rings. The number of hydrogen-bond acceptors (Lipinski definition) is 3. The van der Waals surface area contributed by atoms with Gasteiger partial charge in [0.2, 0.25) is 0 Å². The van der Waals surface area contributed by atoms with Crippen LogP contribution in [0.1, 0.15) is 10.4 Å². The first-order valence-electron chi connectivity index (χ1n) is 6.82. The number of rotatable bonds is 3. The molecule has 2 aliphatic carbocycles. The maximum atomic E-state index is 12.1. The number of hydrogen-bond donors (Lipinski definition) is 3. The average Bonchev–Trinajstić information content (AvgIpc) is 2.72. The van der Waals surface area contributed by atoms with Gasteiger partial charge in [0, 0.05) is 5.56 Å². The number of carbonyl (C=O) groups is 2. The Morgan fingerprint density at radius 2 is 1.82 bits per heavy atom. The molecule has 2 amide bonds. The Balaban J connectivity index is 1.95. The van der Waals surface area contributed by atoms with Gasteiger partial charge in [0.1, 0.15) is 0 Å². The lowest BCUT2D eigenvalue weighted by Gasteiger charge is -2.04. The first kappa shape index (κ1) is 14.0. The van der Waals surface area contributed by atoms with Crippen molar-refractivity contribution in [1.29, 1.82) is 0 Å². The third kappa shape index (κ3) is 2.62. The van der Waals surface area contributed by atoms with Gasteiger partial charge in [0.25, 0.3) is 11.8 Å². The second-order valence-corrected chi connectivity index (χ2v) is 4.94. The zero-order valence-electron chi connectivity index (χ0n) is 11.7. The summed E-state index contributed by atoms with van der Waals surface area (Å²) in [5.41, 5.74) is 4.12. The molecule has 5 nitrogen and oxygen atoms in total. The molecule has 0 aliphatic heterocycles. The van der Waals surface area contributed by atoms with Crippen molar-refractivity contribution in [1.82, 2.24) is 10.8 Å². The Labute approximate surface area is 126 Å². The molecule has 1 aromatic carbocycles. The Kier molecular flexibility index (Phi) is 3.72. The van der Waals surface area contributed by atoms with Gasteiger partial charge in [-0.2, -0.15) is 0 Å². The summed E-state index contributed by atoms with van der Waals surface area (Å²) in [5, 5.41) is 12.9. The fraction of sp³-hybridized carbons (Fsp3) is 0.0588. The first-order chi connectivity index (χ1) is 10.7. The molecule has 0 spiro atoms. The smallest absolute Gasteiger partial charge is 0.262 e. The molecule has 0 bridgehead atoms. The van der Waals surface area contributed by atoms with Gasteiger partial charge >= 0.3 is 0 Å². The molecule has 110 valence electrons. The lowest BCUT2D eigenvalue weighted by atomic mass is 10.1. The monoisotopic (exact) mass is 294 g/mol. The van der Waals surface area contributed by atoms with Crippen molar-refractivity contribution >= 4 is 22.6 Å². The molecule has 2 aliphatic rings. The number of amides is 2. The third-order valence-corrected chi connectivity index (χ3v) is 3.52. The standard InChI is InChI=1S/C17H14N2O3/c20-16(19-22)10-18-17(21)13-7-6-12-8-11-4-2-1-3-5-14(11)15(12)9-13/h1-9,22H,10H2,(H,18,21)(H,19,20). The summed E-state index contributed by atoms with van der Waals surface area (Å²) in [6.45, 7) is -0.274. The van der Waals surface area contributed by atoms with Gasteiger partial charge in [-0.25, -0.2) is 5.48 Å². The van der Waals surface area contributed by atoms with E-state index in [-0.39, 0.29) is 12.5 Å². The van der Waals surface area contributed by atoms with Crippen molar-refractivity contribution < 1.29 is 14.8 Å². The van der Waals surface area contributed by atoms with E-state index in [0.717, 1.165) is 21.9 Å². The molecule has 3 N–H and O–H groups in total. The van der Waals surface area contributed by atoms with Crippen molar-refractivity contribution in [3.63, 3.8) is 0 Å². The van der Waals surface area contributed by atoms with E-state index in [1.165, 1.54) is 5.48 Å². The second-order valence-electron chi connectivity index (χ2n) is 4.94. The van der Waals surface area contributed by atoms with Crippen LogP contribution in [0.3, 0.4) is 0 Å². The van der Waals surface area contributed by atoms with Gasteiger partial charge in [-0.15, -0.1) is 0 Å². The van der Waals surface area contributed by atoms with Gasteiger partial charge < -0.3 is 5.32 Å². The van der Waals surface area contributed by atoms with E-state index in [2.05, 4.69) is 11.4 Å². The van der Waals surface area contributed by atoms with Crippen LogP contribution >= 0.6 is 0 Å².